The smallest absolute Gasteiger partial charge is 0.256 e. The van der Waals surface area contributed by atoms with Gasteiger partial charge in [0.05, 0.1) is 0 Å². The summed E-state index contributed by atoms with van der Waals surface area (Å²) in [6.45, 7) is 7.53. The normalized spacial score (nSPS) is 17.0. The zero-order chi connectivity index (χ0) is 18.5. The molecule has 0 spiro atoms. The van der Waals surface area contributed by atoms with Gasteiger partial charge < -0.3 is 20.7 Å². The Morgan fingerprint density at radius 2 is 1.80 bits per heavy atom. The fourth-order valence-electron chi connectivity index (χ4n) is 2.77. The first-order valence-electron chi connectivity index (χ1n) is 8.82. The van der Waals surface area contributed by atoms with Crippen LogP contribution < -0.4 is 16.0 Å². The third kappa shape index (κ3) is 4.80. The van der Waals surface area contributed by atoms with Crippen LogP contribution in [0.1, 0.15) is 50.4 Å². The summed E-state index contributed by atoms with van der Waals surface area (Å²) in [5, 5.41) is 9.13. The number of hydrogen-bond donors (Lipinski definition) is 3. The van der Waals surface area contributed by atoms with Crippen LogP contribution in [0.5, 0.6) is 0 Å². The molecule has 0 saturated carbocycles. The van der Waals surface area contributed by atoms with Crippen molar-refractivity contribution < 1.29 is 14.3 Å². The summed E-state index contributed by atoms with van der Waals surface area (Å²) in [6, 6.07) is 6.93. The molecule has 3 N–H and O–H groups in total. The first-order valence-corrected chi connectivity index (χ1v) is 8.82. The highest BCUT2D eigenvalue weighted by atomic mass is 16.5. The van der Waals surface area contributed by atoms with Gasteiger partial charge in [0.1, 0.15) is 5.60 Å². The average molecular weight is 347 g/mol. The Kier molecular flexibility index (Phi) is 6.19. The lowest BCUT2D eigenvalue weighted by molar-refractivity contribution is -0.140. The lowest BCUT2D eigenvalue weighted by atomic mass is 9.91. The van der Waals surface area contributed by atoms with Gasteiger partial charge in [-0.3, -0.25) is 9.59 Å². The van der Waals surface area contributed by atoms with Gasteiger partial charge in [-0.15, -0.1) is 0 Å². The first kappa shape index (κ1) is 19.4. The van der Waals surface area contributed by atoms with Crippen LogP contribution >= 0.6 is 0 Å². The van der Waals surface area contributed by atoms with Gasteiger partial charge in [0, 0.05) is 23.9 Å². The number of carbonyl (C=O) groups excluding carboxylic acids is 2. The summed E-state index contributed by atoms with van der Waals surface area (Å²) in [5.74, 6) is -0.253. The number of hydrogen-bond acceptors (Lipinski definition) is 4. The molecule has 2 rings (SSSR count). The molecule has 2 amide bonds. The molecule has 1 fully saturated rings. The molecule has 1 aliphatic heterocycles. The van der Waals surface area contributed by atoms with Crippen LogP contribution in [-0.4, -0.2) is 43.2 Å². The molecule has 1 aromatic carbocycles. The third-order valence-electron chi connectivity index (χ3n) is 4.96. The van der Waals surface area contributed by atoms with E-state index in [0.29, 0.717) is 24.1 Å². The van der Waals surface area contributed by atoms with Crippen LogP contribution in [0.15, 0.2) is 24.3 Å². The van der Waals surface area contributed by atoms with Crippen molar-refractivity contribution in [2.45, 2.75) is 51.2 Å². The van der Waals surface area contributed by atoms with Crippen molar-refractivity contribution in [1.29, 1.82) is 0 Å². The number of amides is 2. The van der Waals surface area contributed by atoms with Crippen molar-refractivity contribution in [1.82, 2.24) is 10.6 Å². The van der Waals surface area contributed by atoms with Crippen molar-refractivity contribution in [2.75, 3.05) is 25.5 Å². The molecule has 0 atom stereocenters. The third-order valence-corrected chi connectivity index (χ3v) is 4.96. The second kappa shape index (κ2) is 7.97. The van der Waals surface area contributed by atoms with Crippen molar-refractivity contribution in [3.05, 3.63) is 29.8 Å². The highest BCUT2D eigenvalue weighted by Crippen LogP contribution is 2.24. The Hall–Kier alpha value is -1.92. The molecule has 1 heterocycles. The number of piperidine rings is 1. The summed E-state index contributed by atoms with van der Waals surface area (Å²) in [5.41, 5.74) is 0.199. The van der Waals surface area contributed by atoms with Gasteiger partial charge in [0.25, 0.3) is 11.8 Å². The van der Waals surface area contributed by atoms with E-state index < -0.39 is 5.60 Å². The standard InChI is InChI=1S/C19H29N3O3/c1-5-18(2,3)22-16(23)14-6-8-15(9-7-14)21-17(24)19(25-4)10-12-20-13-11-19/h6-9,20H,5,10-13H2,1-4H3,(H,21,24)(H,22,23). The quantitative estimate of drug-likeness (QED) is 0.738. The molecule has 0 aromatic heterocycles. The summed E-state index contributed by atoms with van der Waals surface area (Å²) < 4.78 is 5.53. The molecule has 6 heteroatoms. The van der Waals surface area contributed by atoms with Gasteiger partial charge >= 0.3 is 0 Å². The molecular formula is C19H29N3O3. The van der Waals surface area contributed by atoms with Crippen LogP contribution in [0.2, 0.25) is 0 Å². The molecule has 1 aliphatic rings. The van der Waals surface area contributed by atoms with E-state index in [2.05, 4.69) is 16.0 Å². The van der Waals surface area contributed by atoms with Crippen molar-refractivity contribution in [3.8, 4) is 0 Å². The zero-order valence-corrected chi connectivity index (χ0v) is 15.6. The molecule has 1 saturated heterocycles. The molecule has 0 bridgehead atoms. The number of ether oxygens (including phenoxy) is 1. The first-order chi connectivity index (χ1) is 11.8. The molecular weight excluding hydrogens is 318 g/mol. The fourth-order valence-corrected chi connectivity index (χ4v) is 2.77. The van der Waals surface area contributed by atoms with E-state index in [1.165, 1.54) is 0 Å². The maximum Gasteiger partial charge on any atom is 0.256 e. The van der Waals surface area contributed by atoms with Gasteiger partial charge in [-0.05, 0) is 70.5 Å². The molecule has 0 aliphatic carbocycles. The van der Waals surface area contributed by atoms with Crippen LogP contribution in [-0.2, 0) is 9.53 Å². The van der Waals surface area contributed by atoms with Gasteiger partial charge in [0.15, 0.2) is 0 Å². The number of nitrogens with one attached hydrogen (secondary N) is 3. The number of rotatable bonds is 6. The number of benzene rings is 1. The fraction of sp³-hybridized carbons (Fsp3) is 0.579. The van der Waals surface area contributed by atoms with Gasteiger partial charge in [-0.1, -0.05) is 6.92 Å². The minimum absolute atomic E-state index is 0.114. The lowest BCUT2D eigenvalue weighted by Gasteiger charge is -2.34. The number of methoxy groups -OCH3 is 1. The monoisotopic (exact) mass is 347 g/mol. The Labute approximate surface area is 149 Å². The van der Waals surface area contributed by atoms with Crippen molar-refractivity contribution in [3.63, 3.8) is 0 Å². The van der Waals surface area contributed by atoms with E-state index in [-0.39, 0.29) is 17.4 Å². The van der Waals surface area contributed by atoms with Crippen LogP contribution in [0, 0.1) is 0 Å². The highest BCUT2D eigenvalue weighted by molar-refractivity contribution is 5.99. The van der Waals surface area contributed by atoms with Crippen molar-refractivity contribution >= 4 is 17.5 Å². The Morgan fingerprint density at radius 3 is 2.32 bits per heavy atom. The molecule has 25 heavy (non-hydrogen) atoms. The van der Waals surface area contributed by atoms with E-state index in [1.54, 1.807) is 31.4 Å². The van der Waals surface area contributed by atoms with Crippen LogP contribution in [0.4, 0.5) is 5.69 Å². The van der Waals surface area contributed by atoms with Gasteiger partial charge in [-0.2, -0.15) is 0 Å². The molecule has 0 radical (unpaired) electrons. The highest BCUT2D eigenvalue weighted by Gasteiger charge is 2.39. The molecule has 0 unspecified atom stereocenters. The minimum Gasteiger partial charge on any atom is -0.368 e. The Bertz CT molecular complexity index is 605. The van der Waals surface area contributed by atoms with Gasteiger partial charge in [0.2, 0.25) is 0 Å². The van der Waals surface area contributed by atoms with Crippen LogP contribution in [0.3, 0.4) is 0 Å². The zero-order valence-electron chi connectivity index (χ0n) is 15.6. The van der Waals surface area contributed by atoms with E-state index in [4.69, 9.17) is 4.74 Å². The number of carbonyl (C=O) groups is 2. The largest absolute Gasteiger partial charge is 0.368 e. The Balaban J connectivity index is 2.02. The maximum absolute atomic E-state index is 12.6. The van der Waals surface area contributed by atoms with E-state index in [9.17, 15) is 9.59 Å². The summed E-state index contributed by atoms with van der Waals surface area (Å²) in [6.07, 6.45) is 2.13. The molecule has 138 valence electrons. The topological polar surface area (TPSA) is 79.5 Å². The van der Waals surface area contributed by atoms with Gasteiger partial charge in [-0.25, -0.2) is 0 Å². The predicted molar refractivity (Wildman–Crippen MR) is 98.8 cm³/mol. The van der Waals surface area contributed by atoms with Crippen LogP contribution in [0.25, 0.3) is 0 Å². The van der Waals surface area contributed by atoms with E-state index in [0.717, 1.165) is 19.5 Å². The summed E-state index contributed by atoms with van der Waals surface area (Å²) in [7, 11) is 1.58. The second-order valence-electron chi connectivity index (χ2n) is 7.17. The van der Waals surface area contributed by atoms with E-state index >= 15 is 0 Å². The molecule has 6 nitrogen and oxygen atoms in total. The minimum atomic E-state index is -0.785. The van der Waals surface area contributed by atoms with E-state index in [1.807, 2.05) is 20.8 Å². The lowest BCUT2D eigenvalue weighted by Crippen LogP contribution is -2.51. The maximum atomic E-state index is 12.6. The molecule has 1 aromatic rings. The summed E-state index contributed by atoms with van der Waals surface area (Å²) >= 11 is 0. The van der Waals surface area contributed by atoms with Crippen molar-refractivity contribution in [2.24, 2.45) is 0 Å². The SMILES string of the molecule is CCC(C)(C)NC(=O)c1ccc(NC(=O)C2(OC)CCNCC2)cc1. The Morgan fingerprint density at radius 1 is 1.20 bits per heavy atom. The summed E-state index contributed by atoms with van der Waals surface area (Å²) in [4.78, 5) is 24.9. The average Bonchev–Trinajstić information content (AvgIpc) is 2.62. The second-order valence-corrected chi connectivity index (χ2v) is 7.17. The number of anilines is 1. The predicted octanol–water partition coefficient (Wildman–Crippen LogP) is 2.31.